The first-order valence-corrected chi connectivity index (χ1v) is 7.56. The lowest BCUT2D eigenvalue weighted by Gasteiger charge is -2.35. The predicted octanol–water partition coefficient (Wildman–Crippen LogP) is 1.86. The smallest absolute Gasteiger partial charge is 0.218 e. The van der Waals surface area contributed by atoms with Crippen molar-refractivity contribution < 1.29 is 4.74 Å². The maximum Gasteiger partial charge on any atom is 0.218 e. The first-order chi connectivity index (χ1) is 10.7. The maximum absolute atomic E-state index is 5.81. The summed E-state index contributed by atoms with van der Waals surface area (Å²) in [6, 6.07) is 5.73. The summed E-state index contributed by atoms with van der Waals surface area (Å²) < 4.78 is 5.15. The summed E-state index contributed by atoms with van der Waals surface area (Å²) in [5.74, 6) is 1.51. The van der Waals surface area contributed by atoms with Crippen LogP contribution in [0.15, 0.2) is 30.7 Å². The van der Waals surface area contributed by atoms with Crippen LogP contribution in [0.3, 0.4) is 0 Å². The van der Waals surface area contributed by atoms with Gasteiger partial charge in [0, 0.05) is 45.0 Å². The fraction of sp³-hybridized carbons (Fsp3) is 0.400. The Hall–Kier alpha value is -1.92. The molecule has 116 valence electrons. The van der Waals surface area contributed by atoms with E-state index in [0.717, 1.165) is 38.5 Å². The van der Waals surface area contributed by atoms with Gasteiger partial charge in [-0.1, -0.05) is 17.7 Å². The largest absolute Gasteiger partial charge is 0.481 e. The Balaban J connectivity index is 1.56. The lowest BCUT2D eigenvalue weighted by Crippen LogP contribution is -2.46. The van der Waals surface area contributed by atoms with Crippen LogP contribution < -0.4 is 9.64 Å². The molecule has 6 nitrogen and oxygen atoms in total. The van der Waals surface area contributed by atoms with Gasteiger partial charge in [-0.15, -0.1) is 0 Å². The molecule has 0 bridgehead atoms. The fourth-order valence-electron chi connectivity index (χ4n) is 2.51. The van der Waals surface area contributed by atoms with E-state index in [-0.39, 0.29) is 0 Å². The molecule has 22 heavy (non-hydrogen) atoms. The Labute approximate surface area is 134 Å². The van der Waals surface area contributed by atoms with Gasteiger partial charge in [-0.3, -0.25) is 4.90 Å². The Morgan fingerprint density at radius 1 is 1.14 bits per heavy atom. The van der Waals surface area contributed by atoms with Crippen molar-refractivity contribution in [1.82, 2.24) is 19.9 Å². The van der Waals surface area contributed by atoms with Crippen LogP contribution >= 0.6 is 11.6 Å². The molecule has 0 atom stereocenters. The molecule has 0 unspecified atom stereocenters. The highest BCUT2D eigenvalue weighted by molar-refractivity contribution is 6.29. The van der Waals surface area contributed by atoms with Crippen LogP contribution in [0.1, 0.15) is 5.56 Å². The molecule has 0 spiro atoms. The highest BCUT2D eigenvalue weighted by Crippen LogP contribution is 2.18. The van der Waals surface area contributed by atoms with Crippen molar-refractivity contribution in [2.75, 3.05) is 38.2 Å². The number of anilines is 1. The zero-order valence-electron chi connectivity index (χ0n) is 12.4. The maximum atomic E-state index is 5.81. The summed E-state index contributed by atoms with van der Waals surface area (Å²) in [5.41, 5.74) is 1.18. The summed E-state index contributed by atoms with van der Waals surface area (Å²) in [5, 5.41) is 0.534. The summed E-state index contributed by atoms with van der Waals surface area (Å²) in [4.78, 5) is 17.1. The van der Waals surface area contributed by atoms with Crippen LogP contribution in [-0.4, -0.2) is 53.1 Å². The molecular formula is C15H18ClN5O. The van der Waals surface area contributed by atoms with Crippen molar-refractivity contribution in [3.05, 3.63) is 41.4 Å². The van der Waals surface area contributed by atoms with Crippen LogP contribution in [0.25, 0.3) is 0 Å². The molecular weight excluding hydrogens is 302 g/mol. The molecule has 7 heteroatoms. The molecule has 0 aliphatic carbocycles. The SMILES string of the molecule is COc1cc(N2CCN(Cc3ccc(Cl)nc3)CC2)ncn1. The second-order valence-electron chi connectivity index (χ2n) is 5.17. The van der Waals surface area contributed by atoms with Crippen LogP contribution in [0.5, 0.6) is 5.88 Å². The molecule has 0 N–H and O–H groups in total. The van der Waals surface area contributed by atoms with Crippen molar-refractivity contribution in [2.45, 2.75) is 6.54 Å². The average molecular weight is 320 g/mol. The summed E-state index contributed by atoms with van der Waals surface area (Å²) in [7, 11) is 1.62. The first-order valence-electron chi connectivity index (χ1n) is 7.18. The molecule has 0 radical (unpaired) electrons. The minimum absolute atomic E-state index is 0.534. The van der Waals surface area contributed by atoms with Crippen LogP contribution in [0.2, 0.25) is 5.15 Å². The van der Waals surface area contributed by atoms with E-state index < -0.39 is 0 Å². The monoisotopic (exact) mass is 319 g/mol. The van der Waals surface area contributed by atoms with Crippen molar-refractivity contribution in [3.8, 4) is 5.88 Å². The number of nitrogens with zero attached hydrogens (tertiary/aromatic N) is 5. The Morgan fingerprint density at radius 2 is 1.95 bits per heavy atom. The van der Waals surface area contributed by atoms with E-state index in [1.54, 1.807) is 13.4 Å². The molecule has 1 saturated heterocycles. The number of piperazine rings is 1. The zero-order valence-corrected chi connectivity index (χ0v) is 13.2. The standard InChI is InChI=1S/C15H18ClN5O/c1-22-15-8-14(18-11-19-15)21-6-4-20(5-7-21)10-12-2-3-13(16)17-9-12/h2-3,8-9,11H,4-7,10H2,1H3. The van der Waals surface area contributed by atoms with E-state index in [4.69, 9.17) is 16.3 Å². The highest BCUT2D eigenvalue weighted by atomic mass is 35.5. The average Bonchev–Trinajstić information content (AvgIpc) is 2.58. The van der Waals surface area contributed by atoms with E-state index in [2.05, 4.69) is 24.8 Å². The molecule has 1 aliphatic rings. The number of ether oxygens (including phenoxy) is 1. The second kappa shape index (κ2) is 6.89. The number of hydrogen-bond donors (Lipinski definition) is 0. The van der Waals surface area contributed by atoms with Gasteiger partial charge in [0.2, 0.25) is 5.88 Å². The Morgan fingerprint density at radius 3 is 2.64 bits per heavy atom. The number of aromatic nitrogens is 3. The van der Waals surface area contributed by atoms with Crippen molar-refractivity contribution in [1.29, 1.82) is 0 Å². The normalized spacial score (nSPS) is 15.8. The molecule has 1 fully saturated rings. The third-order valence-corrected chi connectivity index (χ3v) is 3.95. The quantitative estimate of drug-likeness (QED) is 0.802. The van der Waals surface area contributed by atoms with Gasteiger partial charge in [-0.2, -0.15) is 0 Å². The van der Waals surface area contributed by atoms with Gasteiger partial charge in [0.05, 0.1) is 7.11 Å². The molecule has 3 heterocycles. The molecule has 3 rings (SSSR count). The molecule has 0 amide bonds. The number of methoxy groups -OCH3 is 1. The van der Waals surface area contributed by atoms with E-state index in [1.807, 2.05) is 24.4 Å². The van der Waals surface area contributed by atoms with Gasteiger partial charge in [0.25, 0.3) is 0 Å². The minimum Gasteiger partial charge on any atom is -0.481 e. The van der Waals surface area contributed by atoms with Gasteiger partial charge in [-0.25, -0.2) is 15.0 Å². The third-order valence-electron chi connectivity index (χ3n) is 3.73. The summed E-state index contributed by atoms with van der Waals surface area (Å²) >= 11 is 5.81. The summed E-state index contributed by atoms with van der Waals surface area (Å²) in [6.07, 6.45) is 3.38. The number of pyridine rings is 1. The molecule has 0 aromatic carbocycles. The van der Waals surface area contributed by atoms with Gasteiger partial charge >= 0.3 is 0 Å². The lowest BCUT2D eigenvalue weighted by molar-refractivity contribution is 0.249. The fourth-order valence-corrected chi connectivity index (χ4v) is 2.62. The molecule has 1 aliphatic heterocycles. The van der Waals surface area contributed by atoms with Crippen LogP contribution in [0.4, 0.5) is 5.82 Å². The minimum atomic E-state index is 0.534. The Bertz CT molecular complexity index is 614. The van der Waals surface area contributed by atoms with E-state index in [1.165, 1.54) is 5.56 Å². The topological polar surface area (TPSA) is 54.4 Å². The highest BCUT2D eigenvalue weighted by Gasteiger charge is 2.18. The zero-order chi connectivity index (χ0) is 15.4. The van der Waals surface area contributed by atoms with Crippen molar-refractivity contribution in [2.24, 2.45) is 0 Å². The van der Waals surface area contributed by atoms with Crippen LogP contribution in [-0.2, 0) is 6.54 Å². The third kappa shape index (κ3) is 3.64. The predicted molar refractivity (Wildman–Crippen MR) is 85.3 cm³/mol. The summed E-state index contributed by atoms with van der Waals surface area (Å²) in [6.45, 7) is 4.72. The lowest BCUT2D eigenvalue weighted by atomic mass is 10.2. The van der Waals surface area contributed by atoms with E-state index in [0.29, 0.717) is 11.0 Å². The van der Waals surface area contributed by atoms with Gasteiger partial charge in [-0.05, 0) is 11.6 Å². The second-order valence-corrected chi connectivity index (χ2v) is 5.56. The van der Waals surface area contributed by atoms with E-state index >= 15 is 0 Å². The van der Waals surface area contributed by atoms with Crippen molar-refractivity contribution >= 4 is 17.4 Å². The Kier molecular flexibility index (Phi) is 4.70. The number of hydrogen-bond acceptors (Lipinski definition) is 6. The van der Waals surface area contributed by atoms with Crippen molar-refractivity contribution in [3.63, 3.8) is 0 Å². The molecule has 0 saturated carbocycles. The van der Waals surface area contributed by atoms with Gasteiger partial charge < -0.3 is 9.64 Å². The van der Waals surface area contributed by atoms with Gasteiger partial charge in [0.1, 0.15) is 17.3 Å². The first kappa shape index (κ1) is 15.0. The molecule has 2 aromatic rings. The van der Waals surface area contributed by atoms with Gasteiger partial charge in [0.15, 0.2) is 0 Å². The van der Waals surface area contributed by atoms with Crippen LogP contribution in [0, 0.1) is 0 Å². The van der Waals surface area contributed by atoms with E-state index in [9.17, 15) is 0 Å². The number of rotatable bonds is 4. The number of halogens is 1. The molecule has 2 aromatic heterocycles.